The molecule has 3 N–H and O–H groups in total. The maximum Gasteiger partial charge on any atom is 0.263 e. The van der Waals surface area contributed by atoms with Crippen molar-refractivity contribution in [2.45, 2.75) is 12.8 Å². The fourth-order valence-corrected chi connectivity index (χ4v) is 4.03. The second-order valence-corrected chi connectivity index (χ2v) is 8.37. The predicted molar refractivity (Wildman–Crippen MR) is 131 cm³/mol. The van der Waals surface area contributed by atoms with Crippen molar-refractivity contribution in [2.24, 2.45) is 5.92 Å². The van der Waals surface area contributed by atoms with E-state index in [9.17, 15) is 9.18 Å². The summed E-state index contributed by atoms with van der Waals surface area (Å²) in [6.07, 6.45) is 2.64. The quantitative estimate of drug-likeness (QED) is 0.369. The summed E-state index contributed by atoms with van der Waals surface area (Å²) in [7, 11) is 0. The minimum atomic E-state index is -0.763. The number of likely N-dealkylation sites (tertiary alicyclic amines) is 1. The molecule has 1 saturated heterocycles. The number of ether oxygens (including phenoxy) is 1. The fourth-order valence-electron chi connectivity index (χ4n) is 4.03. The Morgan fingerprint density at radius 1 is 1.19 bits per heavy atom. The number of benzene rings is 2. The van der Waals surface area contributed by atoms with Crippen LogP contribution in [0.15, 0.2) is 60.9 Å². The van der Waals surface area contributed by atoms with Crippen molar-refractivity contribution in [3.05, 3.63) is 72.6 Å². The van der Waals surface area contributed by atoms with E-state index >= 15 is 4.39 Å². The van der Waals surface area contributed by atoms with Crippen molar-refractivity contribution < 1.29 is 18.3 Å². The number of anilines is 2. The van der Waals surface area contributed by atoms with Gasteiger partial charge in [-0.15, -0.1) is 0 Å². The summed E-state index contributed by atoms with van der Waals surface area (Å²) in [6.45, 7) is 4.94. The number of nitrogens with two attached hydrogens (primary N) is 1. The van der Waals surface area contributed by atoms with Gasteiger partial charge >= 0.3 is 0 Å². The van der Waals surface area contributed by atoms with Crippen molar-refractivity contribution in [3.63, 3.8) is 0 Å². The molecular formula is C26H24F2N6O2. The Kier molecular flexibility index (Phi) is 7.39. The maximum atomic E-state index is 15.1. The number of aromatic nitrogens is 2. The minimum absolute atomic E-state index is 0.00189. The van der Waals surface area contributed by atoms with E-state index in [1.807, 2.05) is 0 Å². The molecule has 4 rings (SSSR count). The van der Waals surface area contributed by atoms with E-state index in [4.69, 9.17) is 15.7 Å². The number of rotatable bonds is 7. The van der Waals surface area contributed by atoms with Crippen LogP contribution in [0, 0.1) is 28.9 Å². The Hall–Kier alpha value is -4.52. The summed E-state index contributed by atoms with van der Waals surface area (Å²) >= 11 is 0. The highest BCUT2D eigenvalue weighted by Crippen LogP contribution is 2.37. The van der Waals surface area contributed by atoms with Crippen LogP contribution in [-0.2, 0) is 4.79 Å². The maximum absolute atomic E-state index is 15.1. The van der Waals surface area contributed by atoms with Crippen LogP contribution in [-0.4, -0.2) is 40.4 Å². The number of amides is 1. The van der Waals surface area contributed by atoms with Gasteiger partial charge in [0, 0.05) is 31.3 Å². The minimum Gasteiger partial charge on any atom is -0.454 e. The Bertz CT molecular complexity index is 1320. The lowest BCUT2D eigenvalue weighted by Gasteiger charge is -2.32. The molecule has 0 bridgehead atoms. The van der Waals surface area contributed by atoms with E-state index in [2.05, 4.69) is 21.9 Å². The molecule has 0 unspecified atom stereocenters. The summed E-state index contributed by atoms with van der Waals surface area (Å²) in [4.78, 5) is 21.9. The van der Waals surface area contributed by atoms with Crippen molar-refractivity contribution in [1.29, 1.82) is 5.26 Å². The van der Waals surface area contributed by atoms with Crippen LogP contribution >= 0.6 is 0 Å². The van der Waals surface area contributed by atoms with Crippen molar-refractivity contribution >= 4 is 17.5 Å². The van der Waals surface area contributed by atoms with Gasteiger partial charge in [-0.2, -0.15) is 5.26 Å². The zero-order valence-corrected chi connectivity index (χ0v) is 19.4. The van der Waals surface area contributed by atoms with E-state index in [0.717, 1.165) is 12.1 Å². The van der Waals surface area contributed by atoms with Crippen LogP contribution < -0.4 is 15.8 Å². The number of carbonyl (C=O) groups is 1. The first kappa shape index (κ1) is 24.6. The molecule has 0 aliphatic carbocycles. The van der Waals surface area contributed by atoms with Gasteiger partial charge in [0.15, 0.2) is 11.6 Å². The molecule has 0 saturated carbocycles. The molecule has 0 spiro atoms. The van der Waals surface area contributed by atoms with Gasteiger partial charge in [-0.3, -0.25) is 4.79 Å². The normalized spacial score (nSPS) is 13.6. The average Bonchev–Trinajstić information content (AvgIpc) is 2.89. The highest BCUT2D eigenvalue weighted by molar-refractivity contribution is 5.96. The largest absolute Gasteiger partial charge is 0.454 e. The molecule has 36 heavy (non-hydrogen) atoms. The van der Waals surface area contributed by atoms with E-state index in [-0.39, 0.29) is 45.9 Å². The van der Waals surface area contributed by atoms with Crippen LogP contribution in [0.4, 0.5) is 20.4 Å². The average molecular weight is 491 g/mol. The van der Waals surface area contributed by atoms with Crippen LogP contribution in [0.5, 0.6) is 11.5 Å². The third-order valence-electron chi connectivity index (χ3n) is 5.99. The fraction of sp³-hybridized carbons (Fsp3) is 0.231. The predicted octanol–water partition coefficient (Wildman–Crippen LogP) is 4.53. The van der Waals surface area contributed by atoms with Gasteiger partial charge in [0.2, 0.25) is 0 Å². The molecule has 0 atom stereocenters. The highest BCUT2D eigenvalue weighted by atomic mass is 19.1. The number of halogens is 2. The highest BCUT2D eigenvalue weighted by Gasteiger charge is 2.25. The van der Waals surface area contributed by atoms with Crippen molar-refractivity contribution in [2.75, 3.05) is 30.7 Å². The number of hydrogen-bond donors (Lipinski definition) is 2. The molecule has 8 nitrogen and oxygen atoms in total. The third-order valence-corrected chi connectivity index (χ3v) is 5.99. The molecule has 1 amide bonds. The monoisotopic (exact) mass is 490 g/mol. The molecule has 3 aromatic rings. The molecule has 2 aromatic carbocycles. The zero-order chi connectivity index (χ0) is 25.7. The molecule has 1 aromatic heterocycles. The lowest BCUT2D eigenvalue weighted by molar-refractivity contribution is -0.127. The molecule has 2 heterocycles. The number of nitrogens with zero attached hydrogens (tertiary/aromatic N) is 4. The molecule has 1 aliphatic rings. The number of piperidine rings is 1. The molecule has 0 radical (unpaired) electrons. The topological polar surface area (TPSA) is 117 Å². The van der Waals surface area contributed by atoms with Gasteiger partial charge in [0.25, 0.3) is 5.91 Å². The Balaban J connectivity index is 1.49. The van der Waals surface area contributed by atoms with Crippen LogP contribution in [0.3, 0.4) is 0 Å². The number of hydrogen-bond acceptors (Lipinski definition) is 7. The third kappa shape index (κ3) is 5.41. The van der Waals surface area contributed by atoms with Gasteiger partial charge in [0.05, 0.1) is 5.56 Å². The SMILES string of the molecule is C=C(C#N)C(=O)N1CCC(CNc2ncnc(N)c2-c2cc(F)c(Oc3ccccc3)cc2F)CC1. The number of nitrogens with one attached hydrogen (secondary N) is 1. The second kappa shape index (κ2) is 10.8. The van der Waals surface area contributed by atoms with Gasteiger partial charge in [-0.1, -0.05) is 24.8 Å². The van der Waals surface area contributed by atoms with Gasteiger partial charge in [-0.25, -0.2) is 18.7 Å². The summed E-state index contributed by atoms with van der Waals surface area (Å²) in [6, 6.07) is 12.3. The second-order valence-electron chi connectivity index (χ2n) is 8.37. The van der Waals surface area contributed by atoms with Crippen LogP contribution in [0.25, 0.3) is 11.1 Å². The number of carbonyl (C=O) groups excluding carboxylic acids is 1. The van der Waals surface area contributed by atoms with Crippen molar-refractivity contribution in [3.8, 4) is 28.7 Å². The van der Waals surface area contributed by atoms with Gasteiger partial charge in [0.1, 0.15) is 41.2 Å². The first-order chi connectivity index (χ1) is 17.4. The van der Waals surface area contributed by atoms with Crippen LogP contribution in [0.2, 0.25) is 0 Å². The van der Waals surface area contributed by atoms with E-state index in [1.165, 1.54) is 6.33 Å². The number of nitriles is 1. The molecule has 184 valence electrons. The lowest BCUT2D eigenvalue weighted by atomic mass is 9.96. The van der Waals surface area contributed by atoms with E-state index < -0.39 is 11.6 Å². The van der Waals surface area contributed by atoms with E-state index in [1.54, 1.807) is 41.3 Å². The Morgan fingerprint density at radius 3 is 2.61 bits per heavy atom. The zero-order valence-electron chi connectivity index (χ0n) is 19.4. The standard InChI is InChI=1S/C26H24F2N6O2/c1-16(13-29)26(35)34-9-7-17(8-10-34)14-31-25-23(24(30)32-15-33-25)19-11-21(28)22(12-20(19)27)36-18-5-3-2-4-6-18/h2-6,11-12,15,17H,1,7-10,14H2,(H3,30,31,32,33). The summed E-state index contributed by atoms with van der Waals surface area (Å²) < 4.78 is 35.5. The summed E-state index contributed by atoms with van der Waals surface area (Å²) in [5.74, 6) is -1.28. The molecule has 1 fully saturated rings. The smallest absolute Gasteiger partial charge is 0.263 e. The van der Waals surface area contributed by atoms with Gasteiger partial charge in [-0.05, 0) is 37.0 Å². The van der Waals surface area contributed by atoms with Crippen LogP contribution in [0.1, 0.15) is 12.8 Å². The number of nitrogen functional groups attached to an aromatic ring is 1. The van der Waals surface area contributed by atoms with Gasteiger partial charge < -0.3 is 20.7 Å². The summed E-state index contributed by atoms with van der Waals surface area (Å²) in [5.41, 5.74) is 6.02. The molecule has 10 heteroatoms. The number of para-hydroxylation sites is 1. The first-order valence-electron chi connectivity index (χ1n) is 11.3. The van der Waals surface area contributed by atoms with E-state index in [0.29, 0.717) is 38.2 Å². The first-order valence-corrected chi connectivity index (χ1v) is 11.3. The van der Waals surface area contributed by atoms with Crippen molar-refractivity contribution in [1.82, 2.24) is 14.9 Å². The Labute approximate surface area is 207 Å². The summed E-state index contributed by atoms with van der Waals surface area (Å²) in [5, 5.41) is 12.0. The Morgan fingerprint density at radius 2 is 1.92 bits per heavy atom. The lowest BCUT2D eigenvalue weighted by Crippen LogP contribution is -2.40. The molecular weight excluding hydrogens is 466 g/mol. The molecule has 1 aliphatic heterocycles.